The molecule has 0 aromatic heterocycles. The molecule has 0 unspecified atom stereocenters. The first-order valence-electron chi connectivity index (χ1n) is 7.81. The van der Waals surface area contributed by atoms with Crippen LogP contribution >= 0.6 is 0 Å². The van der Waals surface area contributed by atoms with Crippen LogP contribution in [0.25, 0.3) is 0 Å². The van der Waals surface area contributed by atoms with Crippen molar-refractivity contribution >= 4 is 0 Å². The Balaban J connectivity index is 1.80. The first-order chi connectivity index (χ1) is 9.83. The maximum atomic E-state index is 11.9. The van der Waals surface area contributed by atoms with Gasteiger partial charge in [0.1, 0.15) is 5.75 Å². The number of allylic oxidation sites excluding steroid dienone is 1. The van der Waals surface area contributed by atoms with Crippen molar-refractivity contribution < 1.29 is 9.13 Å². The van der Waals surface area contributed by atoms with E-state index in [0.29, 0.717) is 12.2 Å². The van der Waals surface area contributed by atoms with Crippen LogP contribution in [0, 0.1) is 5.92 Å². The second-order valence-electron chi connectivity index (χ2n) is 5.66. The Morgan fingerprint density at radius 1 is 1.15 bits per heavy atom. The Morgan fingerprint density at radius 3 is 2.45 bits per heavy atom. The van der Waals surface area contributed by atoms with Crippen LogP contribution in [0.4, 0.5) is 4.39 Å². The van der Waals surface area contributed by atoms with E-state index >= 15 is 0 Å². The van der Waals surface area contributed by atoms with Crippen molar-refractivity contribution in [3.05, 3.63) is 42.2 Å². The van der Waals surface area contributed by atoms with Gasteiger partial charge < -0.3 is 4.74 Å². The van der Waals surface area contributed by atoms with E-state index in [1.807, 2.05) is 6.92 Å². The predicted octanol–water partition coefficient (Wildman–Crippen LogP) is 5.62. The summed E-state index contributed by atoms with van der Waals surface area (Å²) in [7, 11) is 0. The van der Waals surface area contributed by atoms with E-state index in [2.05, 4.69) is 24.3 Å². The highest BCUT2D eigenvalue weighted by Gasteiger charge is 2.21. The highest BCUT2D eigenvalue weighted by atomic mass is 19.1. The molecule has 0 heterocycles. The van der Waals surface area contributed by atoms with Gasteiger partial charge in [0.05, 0.1) is 12.9 Å². The largest absolute Gasteiger partial charge is 0.494 e. The topological polar surface area (TPSA) is 9.23 Å². The molecule has 0 spiro atoms. The van der Waals surface area contributed by atoms with E-state index in [1.54, 1.807) is 6.08 Å². The Bertz CT molecular complexity index is 402. The molecule has 1 aromatic rings. The molecule has 0 aliphatic heterocycles. The summed E-state index contributed by atoms with van der Waals surface area (Å²) in [6.45, 7) is 2.73. The molecule has 0 N–H and O–H groups in total. The fourth-order valence-electron chi connectivity index (χ4n) is 3.18. The van der Waals surface area contributed by atoms with Crippen LogP contribution in [0.5, 0.6) is 5.75 Å². The van der Waals surface area contributed by atoms with Crippen molar-refractivity contribution in [2.24, 2.45) is 5.92 Å². The van der Waals surface area contributed by atoms with Gasteiger partial charge in [-0.15, -0.1) is 0 Å². The zero-order valence-corrected chi connectivity index (χ0v) is 12.4. The van der Waals surface area contributed by atoms with Crippen LogP contribution in [0.15, 0.2) is 36.7 Å². The number of hydrogen-bond acceptors (Lipinski definition) is 1. The third-order valence-electron chi connectivity index (χ3n) is 4.34. The summed E-state index contributed by atoms with van der Waals surface area (Å²) in [6.07, 6.45) is 9.40. The zero-order chi connectivity index (χ0) is 14.2. The quantitative estimate of drug-likeness (QED) is 0.655. The number of halogens is 1. The van der Waals surface area contributed by atoms with E-state index in [1.165, 1.54) is 31.2 Å². The lowest BCUT2D eigenvalue weighted by atomic mass is 9.77. The summed E-state index contributed by atoms with van der Waals surface area (Å²) in [5.74, 6) is 2.44. The normalized spacial score (nSPS) is 23.1. The summed E-state index contributed by atoms with van der Waals surface area (Å²) in [6, 6.07) is 8.58. The fraction of sp³-hybridized carbons (Fsp3) is 0.556. The Hall–Kier alpha value is -1.31. The van der Waals surface area contributed by atoms with Gasteiger partial charge in [-0.1, -0.05) is 18.2 Å². The van der Waals surface area contributed by atoms with Gasteiger partial charge >= 0.3 is 0 Å². The first-order valence-corrected chi connectivity index (χ1v) is 7.81. The van der Waals surface area contributed by atoms with Crippen molar-refractivity contribution in [3.63, 3.8) is 0 Å². The number of ether oxygens (including phenoxy) is 1. The lowest BCUT2D eigenvalue weighted by Gasteiger charge is -2.28. The molecule has 2 heteroatoms. The van der Waals surface area contributed by atoms with E-state index in [-0.39, 0.29) is 0 Å². The van der Waals surface area contributed by atoms with Gasteiger partial charge in [-0.2, -0.15) is 0 Å². The van der Waals surface area contributed by atoms with Crippen molar-refractivity contribution in [3.8, 4) is 5.75 Å². The molecule has 0 amide bonds. The number of benzene rings is 1. The van der Waals surface area contributed by atoms with Gasteiger partial charge in [-0.05, 0) is 75.0 Å². The fourth-order valence-corrected chi connectivity index (χ4v) is 3.18. The van der Waals surface area contributed by atoms with Crippen LogP contribution in [0.3, 0.4) is 0 Å². The predicted molar refractivity (Wildman–Crippen MR) is 81.8 cm³/mol. The molecule has 1 saturated carbocycles. The summed E-state index contributed by atoms with van der Waals surface area (Å²) in [4.78, 5) is 0. The van der Waals surface area contributed by atoms with Crippen LogP contribution in [0.2, 0.25) is 0 Å². The molecule has 110 valence electrons. The van der Waals surface area contributed by atoms with Crippen LogP contribution in [-0.2, 0) is 0 Å². The molecule has 1 aliphatic rings. The highest BCUT2D eigenvalue weighted by molar-refractivity contribution is 5.29. The minimum Gasteiger partial charge on any atom is -0.494 e. The van der Waals surface area contributed by atoms with Gasteiger partial charge in [0, 0.05) is 0 Å². The monoisotopic (exact) mass is 276 g/mol. The number of rotatable bonds is 6. The molecule has 0 saturated heterocycles. The van der Waals surface area contributed by atoms with Crippen molar-refractivity contribution in [1.29, 1.82) is 0 Å². The second-order valence-corrected chi connectivity index (χ2v) is 5.66. The molecule has 1 nitrogen and oxygen atoms in total. The van der Waals surface area contributed by atoms with Crippen LogP contribution in [0.1, 0.15) is 56.9 Å². The van der Waals surface area contributed by atoms with E-state index in [9.17, 15) is 4.39 Å². The third kappa shape index (κ3) is 4.36. The standard InChI is InChI=1S/C18H25FO/c1-2-20-18-12-10-17(11-13-18)16-8-6-15(7-9-16)5-3-4-14-19/h4,10-16H,2-3,5-9H2,1H3/b14-4+/t15-,16-. The van der Waals surface area contributed by atoms with Gasteiger partial charge in [-0.25, -0.2) is 4.39 Å². The third-order valence-corrected chi connectivity index (χ3v) is 4.34. The summed E-state index contributed by atoms with van der Waals surface area (Å²) >= 11 is 0. The molecule has 1 aliphatic carbocycles. The summed E-state index contributed by atoms with van der Waals surface area (Å²) < 4.78 is 17.4. The maximum Gasteiger partial charge on any atom is 0.119 e. The summed E-state index contributed by atoms with van der Waals surface area (Å²) in [5.41, 5.74) is 1.44. The minimum absolute atomic E-state index is 0.672. The molecule has 0 radical (unpaired) electrons. The molecule has 1 aromatic carbocycles. The lowest BCUT2D eigenvalue weighted by Crippen LogP contribution is -2.13. The van der Waals surface area contributed by atoms with Gasteiger partial charge in [0.15, 0.2) is 0 Å². The molecule has 0 bridgehead atoms. The van der Waals surface area contributed by atoms with Crippen LogP contribution < -0.4 is 4.74 Å². The van der Waals surface area contributed by atoms with E-state index in [0.717, 1.165) is 31.1 Å². The maximum absolute atomic E-state index is 11.9. The average Bonchev–Trinajstić information content (AvgIpc) is 2.49. The smallest absolute Gasteiger partial charge is 0.119 e. The molecular weight excluding hydrogens is 251 g/mol. The van der Waals surface area contributed by atoms with Crippen molar-refractivity contribution in [2.45, 2.75) is 51.4 Å². The number of hydrogen-bond donors (Lipinski definition) is 0. The first kappa shape index (κ1) is 15.1. The lowest BCUT2D eigenvalue weighted by molar-refractivity contribution is 0.311. The van der Waals surface area contributed by atoms with Crippen LogP contribution in [-0.4, -0.2) is 6.61 Å². The Kier molecular flexibility index (Phi) is 6.10. The summed E-state index contributed by atoms with van der Waals surface area (Å²) in [5, 5.41) is 0. The minimum atomic E-state index is 0.672. The van der Waals surface area contributed by atoms with Gasteiger partial charge in [-0.3, -0.25) is 0 Å². The molecule has 1 fully saturated rings. The molecular formula is C18H25FO. The van der Waals surface area contributed by atoms with E-state index in [4.69, 9.17) is 4.74 Å². The second kappa shape index (κ2) is 8.08. The Morgan fingerprint density at radius 2 is 1.85 bits per heavy atom. The van der Waals surface area contributed by atoms with Gasteiger partial charge in [0.2, 0.25) is 0 Å². The molecule has 20 heavy (non-hydrogen) atoms. The van der Waals surface area contributed by atoms with Crippen molar-refractivity contribution in [1.82, 2.24) is 0 Å². The SMILES string of the molecule is CCOc1ccc([C@H]2CC[C@H](CC/C=C/F)CC2)cc1. The average molecular weight is 276 g/mol. The molecule has 0 atom stereocenters. The zero-order valence-electron chi connectivity index (χ0n) is 12.4. The van der Waals surface area contributed by atoms with Gasteiger partial charge in [0.25, 0.3) is 0 Å². The Labute approximate surface area is 121 Å². The molecule has 2 rings (SSSR count). The van der Waals surface area contributed by atoms with E-state index < -0.39 is 0 Å². The highest BCUT2D eigenvalue weighted by Crippen LogP contribution is 2.37. The van der Waals surface area contributed by atoms with Crippen molar-refractivity contribution in [2.75, 3.05) is 6.61 Å².